The van der Waals surface area contributed by atoms with Gasteiger partial charge in [0.25, 0.3) is 0 Å². The Bertz CT molecular complexity index is 1760. The van der Waals surface area contributed by atoms with Crippen molar-refractivity contribution in [2.24, 2.45) is 53.1 Å². The van der Waals surface area contributed by atoms with Gasteiger partial charge in [0.2, 0.25) is 0 Å². The van der Waals surface area contributed by atoms with Gasteiger partial charge in [0.15, 0.2) is 5.75 Å². The molecular formula is C47H71I4N9O4Si. The fourth-order valence-corrected chi connectivity index (χ4v) is 17.7. The van der Waals surface area contributed by atoms with Gasteiger partial charge < -0.3 is 20.7 Å². The van der Waals surface area contributed by atoms with Crippen molar-refractivity contribution in [3.8, 4) is 17.2 Å². The van der Waals surface area contributed by atoms with Crippen molar-refractivity contribution in [2.45, 2.75) is 165 Å². The molecule has 4 aliphatic carbocycles. The number of halogens is 4. The molecule has 360 valence electrons. The van der Waals surface area contributed by atoms with Gasteiger partial charge in [0, 0.05) is 0 Å². The van der Waals surface area contributed by atoms with Crippen LogP contribution in [0.15, 0.2) is 24.3 Å². The van der Waals surface area contributed by atoms with Gasteiger partial charge >= 0.3 is 5.97 Å². The van der Waals surface area contributed by atoms with E-state index in [9.17, 15) is 9.90 Å². The van der Waals surface area contributed by atoms with Crippen LogP contribution in [0.5, 0.6) is 17.2 Å². The van der Waals surface area contributed by atoms with Crippen LogP contribution >= 0.6 is 90.4 Å². The number of aliphatic carboxylic acids is 1. The van der Waals surface area contributed by atoms with Crippen LogP contribution in [0.1, 0.15) is 108 Å². The van der Waals surface area contributed by atoms with E-state index in [2.05, 4.69) is 133 Å². The number of aromatic hydroxyl groups is 1. The lowest BCUT2D eigenvalue weighted by Crippen LogP contribution is -2.61. The van der Waals surface area contributed by atoms with Gasteiger partial charge in [0.1, 0.15) is 17.5 Å². The average Bonchev–Trinajstić information content (AvgIpc) is 4.03. The number of hydrogen-bond donors (Lipinski definition) is 11. The normalized spacial score (nSPS) is 39.9. The molecule has 2 aromatic carbocycles. The van der Waals surface area contributed by atoms with Crippen LogP contribution in [0.3, 0.4) is 0 Å². The van der Waals surface area contributed by atoms with Crippen molar-refractivity contribution in [1.29, 1.82) is 0 Å². The van der Waals surface area contributed by atoms with Crippen LogP contribution in [0.4, 0.5) is 0 Å². The maximum atomic E-state index is 10.9. The summed E-state index contributed by atoms with van der Waals surface area (Å²) in [5.74, 6) is 6.52. The first-order valence-electron chi connectivity index (χ1n) is 24.4. The summed E-state index contributed by atoms with van der Waals surface area (Å²) in [5.41, 5.74) is 6.44. The van der Waals surface area contributed by atoms with Crippen LogP contribution in [-0.4, -0.2) is 82.5 Å². The molecular weight excluding hydrogens is 1290 g/mol. The highest BCUT2D eigenvalue weighted by atomic mass is 127. The molecule has 11 rings (SSSR count). The third kappa shape index (κ3) is 10.8. The molecule has 9 unspecified atom stereocenters. The average molecular weight is 1360 g/mol. The number of rotatable bonds is 5. The number of nitrogens with two attached hydrogens (primary N) is 1. The summed E-state index contributed by atoms with van der Waals surface area (Å²) < 4.78 is 9.14. The molecule has 2 aromatic rings. The summed E-state index contributed by atoms with van der Waals surface area (Å²) in [4.78, 5) is 10.9. The number of phenols is 1. The van der Waals surface area contributed by atoms with E-state index in [-0.39, 0.29) is 23.1 Å². The predicted octanol–water partition coefficient (Wildman–Crippen LogP) is 5.71. The smallest absolute Gasteiger partial charge is 0.320 e. The number of ether oxygens (including phenoxy) is 1. The third-order valence-corrected chi connectivity index (χ3v) is 20.1. The Labute approximate surface area is 444 Å². The zero-order chi connectivity index (χ0) is 44.2. The van der Waals surface area contributed by atoms with Crippen molar-refractivity contribution in [2.75, 3.05) is 0 Å². The summed E-state index contributed by atoms with van der Waals surface area (Å²) in [6.07, 6.45) is 25.8. The van der Waals surface area contributed by atoms with Gasteiger partial charge in [-0.15, -0.1) is 0 Å². The maximum Gasteiger partial charge on any atom is 0.320 e. The molecule has 5 saturated heterocycles. The lowest BCUT2D eigenvalue weighted by Gasteiger charge is -2.35. The number of carboxylic acid groups (broad SMARTS) is 1. The quantitative estimate of drug-likeness (QED) is 0.129. The molecule has 65 heavy (non-hydrogen) atoms. The second-order valence-electron chi connectivity index (χ2n) is 20.5. The van der Waals surface area contributed by atoms with Gasteiger partial charge in [-0.25, -0.2) is 0 Å². The second kappa shape index (κ2) is 22.0. The lowest BCUT2D eigenvalue weighted by atomic mass is 9.76. The molecule has 0 radical (unpaired) electrons. The van der Waals surface area contributed by atoms with Gasteiger partial charge in [-0.3, -0.25) is 47.3 Å². The molecule has 9 atom stereocenters. The van der Waals surface area contributed by atoms with Gasteiger partial charge in [-0.2, -0.15) is 0 Å². The number of hydrogen-bond acceptors (Lipinski definition) is 12. The van der Waals surface area contributed by atoms with Gasteiger partial charge in [-0.1, -0.05) is 51.4 Å². The number of carbonyl (C=O) groups is 1. The minimum Gasteiger partial charge on any atom is -0.506 e. The molecule has 13 nitrogen and oxygen atoms in total. The van der Waals surface area contributed by atoms with E-state index in [0.29, 0.717) is 68.0 Å². The highest BCUT2D eigenvalue weighted by molar-refractivity contribution is 14.1. The Balaban J connectivity index is 0.000000185. The number of nitrogens with one attached hydrogen (secondary N) is 8. The van der Waals surface area contributed by atoms with E-state index in [0.717, 1.165) is 60.0 Å². The van der Waals surface area contributed by atoms with Crippen molar-refractivity contribution in [3.05, 3.63) is 44.1 Å². The van der Waals surface area contributed by atoms with E-state index in [1.165, 1.54) is 103 Å². The van der Waals surface area contributed by atoms with Gasteiger partial charge in [0.05, 0.1) is 63.6 Å². The topological polar surface area (TPSA) is 189 Å². The van der Waals surface area contributed by atoms with Crippen molar-refractivity contribution in [3.63, 3.8) is 0 Å². The Morgan fingerprint density at radius 1 is 0.523 bits per heavy atom. The first-order chi connectivity index (χ1) is 31.0. The van der Waals surface area contributed by atoms with Gasteiger partial charge in [-0.05, 0) is 236 Å². The predicted molar refractivity (Wildman–Crippen MR) is 293 cm³/mol. The summed E-state index contributed by atoms with van der Waals surface area (Å²) in [6, 6.07) is 6.34. The summed E-state index contributed by atoms with van der Waals surface area (Å²) in [5, 5.41) is 52.6. The SMILES string of the molecule is C1CCC2C3NC(NC4NC(NC5NC(NC6NC(N3)C3CCCCC63)C3CCCCC53)C3CCCCC43)C2C1.NC(Cc1cc(I)c(Oc2cc(I)c(O)c(I)c2)c(I)c1)C(=O)O.[SiH4]. The highest BCUT2D eigenvalue weighted by Gasteiger charge is 2.54. The molecule has 9 fully saturated rings. The molecule has 0 amide bonds. The van der Waals surface area contributed by atoms with E-state index in [1.54, 1.807) is 12.1 Å². The Kier molecular flexibility index (Phi) is 17.0. The summed E-state index contributed by atoms with van der Waals surface area (Å²) in [7, 11) is 0. The van der Waals surface area contributed by atoms with E-state index < -0.39 is 12.0 Å². The zero-order valence-electron chi connectivity index (χ0n) is 36.4. The van der Waals surface area contributed by atoms with E-state index in [1.807, 2.05) is 12.1 Å². The monoisotopic (exact) mass is 1360 g/mol. The van der Waals surface area contributed by atoms with Crippen molar-refractivity contribution in [1.82, 2.24) is 42.5 Å². The largest absolute Gasteiger partial charge is 0.506 e. The Morgan fingerprint density at radius 3 is 1.03 bits per heavy atom. The maximum absolute atomic E-state index is 10.9. The number of benzene rings is 2. The molecule has 4 saturated carbocycles. The molecule has 8 bridgehead atoms. The fourth-order valence-electron chi connectivity index (χ4n) is 13.9. The number of carboxylic acids is 1. The van der Waals surface area contributed by atoms with E-state index in [4.69, 9.17) is 15.6 Å². The van der Waals surface area contributed by atoms with Crippen LogP contribution in [0.2, 0.25) is 0 Å². The highest BCUT2D eigenvalue weighted by Crippen LogP contribution is 2.46. The molecule has 5 heterocycles. The lowest BCUT2D eigenvalue weighted by molar-refractivity contribution is -0.138. The van der Waals surface area contributed by atoms with Crippen molar-refractivity contribution < 1.29 is 19.7 Å². The molecule has 9 aliphatic rings. The molecule has 12 N–H and O–H groups in total. The summed E-state index contributed by atoms with van der Waals surface area (Å²) >= 11 is 8.42. The standard InChI is InChI=1S/C32H56N8.C15H11I4NO4.H4Si/c1-2-10-18-17(9-1)25-33-26(18)38-28-21-13-5-6-14-22(21)30(35-28)40-32-24-16-8-7-15-23(24)31(36-32)39-29-20-12-4-3-11-19(20)27(34-29)37-25;16-8-4-7(5-9(17)13(8)21)24-14-10(18)1-6(2-11(14)19)3-12(20)15(22)23;/h17-40H,1-16H2;1-2,4-5,12,21H,3,20H2,(H,22,23);1H4. The van der Waals surface area contributed by atoms with Crippen LogP contribution in [0, 0.1) is 61.6 Å². The summed E-state index contributed by atoms with van der Waals surface area (Å²) in [6.45, 7) is 0. The first-order valence-corrected chi connectivity index (χ1v) is 28.7. The van der Waals surface area contributed by atoms with Crippen molar-refractivity contribution >= 4 is 107 Å². The fraction of sp³-hybridized carbons (Fsp3) is 0.723. The Morgan fingerprint density at radius 2 is 0.785 bits per heavy atom. The minimum absolute atomic E-state index is 0. The van der Waals surface area contributed by atoms with Crippen LogP contribution in [-0.2, 0) is 11.2 Å². The second-order valence-corrected chi connectivity index (χ2v) is 25.1. The number of phenolic OH excluding ortho intramolecular Hbond substituents is 1. The molecule has 18 heteroatoms. The minimum atomic E-state index is -1.02. The van der Waals surface area contributed by atoms with Crippen LogP contribution < -0.4 is 53.0 Å². The molecule has 5 aliphatic heterocycles. The molecule has 0 spiro atoms. The Hall–Kier alpha value is 0.287. The van der Waals surface area contributed by atoms with Crippen LogP contribution in [0.25, 0.3) is 0 Å². The zero-order valence-corrected chi connectivity index (χ0v) is 45.1. The van der Waals surface area contributed by atoms with E-state index >= 15 is 0 Å². The molecule has 0 aromatic heterocycles. The third-order valence-electron chi connectivity index (χ3n) is 16.8. The number of fused-ring (bicyclic) bond motifs is 20. The first kappa shape index (κ1) is 50.2.